The average molecular weight is 213 g/mol. The summed E-state index contributed by atoms with van der Waals surface area (Å²) in [5, 5.41) is 10.0. The molecule has 15 heavy (non-hydrogen) atoms. The second-order valence-electron chi connectivity index (χ2n) is 5.32. The lowest BCUT2D eigenvalue weighted by Gasteiger charge is -2.32. The summed E-state index contributed by atoms with van der Waals surface area (Å²) in [6.07, 6.45) is -0.430. The van der Waals surface area contributed by atoms with Crippen LogP contribution < -0.4 is 0 Å². The van der Waals surface area contributed by atoms with E-state index in [1.165, 1.54) is 0 Å². The molecule has 0 bridgehead atoms. The molecule has 0 spiro atoms. The fourth-order valence-electron chi connectivity index (χ4n) is 1.75. The minimum absolute atomic E-state index is 0.122. The molecule has 1 aliphatic rings. The molecular formula is C12H23NO2. The van der Waals surface area contributed by atoms with E-state index in [9.17, 15) is 5.11 Å². The van der Waals surface area contributed by atoms with Crippen molar-refractivity contribution in [3.05, 3.63) is 12.2 Å². The minimum Gasteiger partial charge on any atom is -0.388 e. The van der Waals surface area contributed by atoms with Crippen LogP contribution >= 0.6 is 0 Å². The van der Waals surface area contributed by atoms with Gasteiger partial charge in [0.2, 0.25) is 0 Å². The maximum absolute atomic E-state index is 10.0. The Hall–Kier alpha value is -0.380. The quantitative estimate of drug-likeness (QED) is 0.717. The number of morpholine rings is 1. The number of rotatable bonds is 3. The van der Waals surface area contributed by atoms with E-state index in [2.05, 4.69) is 11.5 Å². The summed E-state index contributed by atoms with van der Waals surface area (Å²) < 4.78 is 5.28. The normalized spacial score (nSPS) is 21.3. The summed E-state index contributed by atoms with van der Waals surface area (Å²) >= 11 is 0. The van der Waals surface area contributed by atoms with Crippen LogP contribution in [0.2, 0.25) is 0 Å². The molecule has 0 amide bonds. The molecular weight excluding hydrogens is 190 g/mol. The van der Waals surface area contributed by atoms with Crippen molar-refractivity contribution in [1.82, 2.24) is 4.90 Å². The van der Waals surface area contributed by atoms with Crippen LogP contribution in [0.4, 0.5) is 0 Å². The van der Waals surface area contributed by atoms with E-state index < -0.39 is 6.10 Å². The van der Waals surface area contributed by atoms with Gasteiger partial charge in [-0.2, -0.15) is 0 Å². The van der Waals surface area contributed by atoms with Crippen molar-refractivity contribution in [3.63, 3.8) is 0 Å². The molecule has 0 aromatic heterocycles. The van der Waals surface area contributed by atoms with Gasteiger partial charge in [-0.05, 0) is 11.0 Å². The summed E-state index contributed by atoms with van der Waals surface area (Å²) in [4.78, 5) is 2.28. The van der Waals surface area contributed by atoms with Crippen LogP contribution in [0.5, 0.6) is 0 Å². The minimum atomic E-state index is -0.430. The van der Waals surface area contributed by atoms with E-state index in [0.29, 0.717) is 0 Å². The van der Waals surface area contributed by atoms with Gasteiger partial charge in [0.05, 0.1) is 19.3 Å². The Morgan fingerprint density at radius 3 is 2.40 bits per heavy atom. The highest BCUT2D eigenvalue weighted by Gasteiger charge is 2.25. The second kappa shape index (κ2) is 5.10. The zero-order valence-electron chi connectivity index (χ0n) is 10.1. The average Bonchev–Trinajstić information content (AvgIpc) is 2.16. The second-order valence-corrected chi connectivity index (χ2v) is 5.32. The van der Waals surface area contributed by atoms with Crippen molar-refractivity contribution >= 4 is 0 Å². The molecule has 1 saturated heterocycles. The van der Waals surface area contributed by atoms with Gasteiger partial charge in [0.15, 0.2) is 0 Å². The fourth-order valence-corrected chi connectivity index (χ4v) is 1.75. The lowest BCUT2D eigenvalue weighted by atomic mass is 9.85. The highest BCUT2D eigenvalue weighted by atomic mass is 16.5. The molecule has 1 atom stereocenters. The predicted molar refractivity (Wildman–Crippen MR) is 61.9 cm³/mol. The first-order valence-electron chi connectivity index (χ1n) is 5.57. The number of aliphatic hydroxyl groups excluding tert-OH is 1. The van der Waals surface area contributed by atoms with Gasteiger partial charge in [-0.25, -0.2) is 0 Å². The number of hydrogen-bond acceptors (Lipinski definition) is 3. The van der Waals surface area contributed by atoms with Gasteiger partial charge < -0.3 is 9.84 Å². The van der Waals surface area contributed by atoms with E-state index in [-0.39, 0.29) is 5.41 Å². The van der Waals surface area contributed by atoms with Crippen molar-refractivity contribution in [2.75, 3.05) is 32.8 Å². The van der Waals surface area contributed by atoms with Crippen LogP contribution in [0.3, 0.4) is 0 Å². The molecule has 0 saturated carbocycles. The Bertz CT molecular complexity index is 214. The number of hydrogen-bond donors (Lipinski definition) is 1. The number of ether oxygens (including phenoxy) is 1. The molecule has 1 aliphatic heterocycles. The Morgan fingerprint density at radius 2 is 1.93 bits per heavy atom. The van der Waals surface area contributed by atoms with Gasteiger partial charge in [0.25, 0.3) is 0 Å². The maximum Gasteiger partial charge on any atom is 0.0808 e. The third-order valence-corrected chi connectivity index (χ3v) is 2.74. The smallest absolute Gasteiger partial charge is 0.0808 e. The zero-order chi connectivity index (χ0) is 11.5. The molecule has 1 fully saturated rings. The van der Waals surface area contributed by atoms with Crippen LogP contribution in [0.25, 0.3) is 0 Å². The summed E-state index contributed by atoms with van der Waals surface area (Å²) in [6, 6.07) is 0. The lowest BCUT2D eigenvalue weighted by Crippen LogP contribution is -2.40. The molecule has 3 nitrogen and oxygen atoms in total. The molecule has 88 valence electrons. The van der Waals surface area contributed by atoms with Crippen LogP contribution in [0.1, 0.15) is 20.8 Å². The predicted octanol–water partition coefficient (Wildman–Crippen LogP) is 1.28. The van der Waals surface area contributed by atoms with Crippen molar-refractivity contribution in [2.45, 2.75) is 26.9 Å². The maximum atomic E-state index is 10.0. The standard InChI is InChI=1S/C12H23NO2/c1-10(11(14)12(2,3)4)9-13-5-7-15-8-6-13/h11,14H,1,5-9H2,2-4H3. The van der Waals surface area contributed by atoms with Gasteiger partial charge in [0, 0.05) is 19.6 Å². The first-order chi connectivity index (χ1) is 6.91. The van der Waals surface area contributed by atoms with E-state index >= 15 is 0 Å². The van der Waals surface area contributed by atoms with E-state index in [1.807, 2.05) is 20.8 Å². The molecule has 1 rings (SSSR count). The van der Waals surface area contributed by atoms with Gasteiger partial charge in [-0.1, -0.05) is 27.4 Å². The summed E-state index contributed by atoms with van der Waals surface area (Å²) in [7, 11) is 0. The fraction of sp³-hybridized carbons (Fsp3) is 0.833. The Morgan fingerprint density at radius 1 is 1.40 bits per heavy atom. The molecule has 1 unspecified atom stereocenters. The molecule has 3 heteroatoms. The third-order valence-electron chi connectivity index (χ3n) is 2.74. The van der Waals surface area contributed by atoms with Crippen LogP contribution in [0.15, 0.2) is 12.2 Å². The highest BCUT2D eigenvalue weighted by Crippen LogP contribution is 2.24. The molecule has 0 radical (unpaired) electrons. The molecule has 0 aromatic carbocycles. The van der Waals surface area contributed by atoms with Gasteiger partial charge in [0.1, 0.15) is 0 Å². The van der Waals surface area contributed by atoms with Gasteiger partial charge in [-0.3, -0.25) is 4.90 Å². The monoisotopic (exact) mass is 213 g/mol. The molecule has 0 aromatic rings. The van der Waals surface area contributed by atoms with Gasteiger partial charge >= 0.3 is 0 Å². The highest BCUT2D eigenvalue weighted by molar-refractivity contribution is 5.08. The van der Waals surface area contributed by atoms with Crippen LogP contribution in [0, 0.1) is 5.41 Å². The van der Waals surface area contributed by atoms with Crippen molar-refractivity contribution < 1.29 is 9.84 Å². The van der Waals surface area contributed by atoms with Crippen molar-refractivity contribution in [3.8, 4) is 0 Å². The van der Waals surface area contributed by atoms with Crippen molar-refractivity contribution in [1.29, 1.82) is 0 Å². The number of aliphatic hydroxyl groups is 1. The Kier molecular flexibility index (Phi) is 4.32. The summed E-state index contributed by atoms with van der Waals surface area (Å²) in [5.74, 6) is 0. The summed E-state index contributed by atoms with van der Waals surface area (Å²) in [6.45, 7) is 14.3. The van der Waals surface area contributed by atoms with E-state index in [4.69, 9.17) is 4.74 Å². The van der Waals surface area contributed by atoms with E-state index in [1.54, 1.807) is 0 Å². The van der Waals surface area contributed by atoms with Crippen LogP contribution in [-0.4, -0.2) is 49.0 Å². The lowest BCUT2D eigenvalue weighted by molar-refractivity contribution is 0.0336. The largest absolute Gasteiger partial charge is 0.388 e. The first-order valence-corrected chi connectivity index (χ1v) is 5.57. The Labute approximate surface area is 92.7 Å². The van der Waals surface area contributed by atoms with Gasteiger partial charge in [-0.15, -0.1) is 0 Å². The zero-order valence-corrected chi connectivity index (χ0v) is 10.1. The molecule has 1 heterocycles. The Balaban J connectivity index is 2.40. The first kappa shape index (κ1) is 12.7. The number of nitrogens with zero attached hydrogens (tertiary/aromatic N) is 1. The van der Waals surface area contributed by atoms with Crippen LogP contribution in [-0.2, 0) is 4.74 Å². The third kappa shape index (κ3) is 3.93. The summed E-state index contributed by atoms with van der Waals surface area (Å²) in [5.41, 5.74) is 0.785. The van der Waals surface area contributed by atoms with Crippen molar-refractivity contribution in [2.24, 2.45) is 5.41 Å². The molecule has 1 N–H and O–H groups in total. The topological polar surface area (TPSA) is 32.7 Å². The SMILES string of the molecule is C=C(CN1CCOCC1)C(O)C(C)(C)C. The molecule has 0 aliphatic carbocycles. The van der Waals surface area contributed by atoms with E-state index in [0.717, 1.165) is 38.4 Å².